The number of carbonyl (C=O) groups is 1. The number of piperidine rings is 1. The molecule has 4 rings (SSSR count). The molecule has 5 nitrogen and oxygen atoms in total. The van der Waals surface area contributed by atoms with Crippen molar-refractivity contribution in [2.75, 3.05) is 13.1 Å². The van der Waals surface area contributed by atoms with Crippen LogP contribution in [0.3, 0.4) is 0 Å². The molecule has 1 aromatic heterocycles. The molecule has 3 N–H and O–H groups in total. The molecule has 0 radical (unpaired) electrons. The normalized spacial score (nSPS) is 20.1. The van der Waals surface area contributed by atoms with E-state index in [1.54, 1.807) is 6.07 Å². The van der Waals surface area contributed by atoms with E-state index in [-0.39, 0.29) is 22.1 Å². The van der Waals surface area contributed by atoms with Crippen molar-refractivity contribution in [2.24, 2.45) is 5.73 Å². The van der Waals surface area contributed by atoms with Gasteiger partial charge in [0.1, 0.15) is 30.7 Å². The molecular formula is C19H19BF2N4O. The Morgan fingerprint density at radius 3 is 2.78 bits per heavy atom. The maximum atomic E-state index is 14.9. The van der Waals surface area contributed by atoms with Crippen LogP contribution in [-0.4, -0.2) is 36.6 Å². The third-order valence-corrected chi connectivity index (χ3v) is 5.33. The average molecular weight is 368 g/mol. The lowest BCUT2D eigenvalue weighted by Gasteiger charge is -2.35. The SMILES string of the molecule is BC1(c2ccc(-n3cc4cc(F)cc(C(N)=O)c4n3)c(F)c2)CCCNC1. The number of amides is 1. The molecule has 138 valence electrons. The molecule has 3 aromatic rings. The molecule has 0 saturated carbocycles. The smallest absolute Gasteiger partial charge is 0.251 e. The van der Waals surface area contributed by atoms with Crippen molar-refractivity contribution < 1.29 is 13.6 Å². The Bertz CT molecular complexity index is 1040. The minimum absolute atomic E-state index is 0.0263. The second-order valence-corrected chi connectivity index (χ2v) is 7.34. The predicted molar refractivity (Wildman–Crippen MR) is 102 cm³/mol. The minimum Gasteiger partial charge on any atom is -0.366 e. The van der Waals surface area contributed by atoms with Crippen molar-refractivity contribution in [3.05, 3.63) is 59.3 Å². The average Bonchev–Trinajstić information content (AvgIpc) is 3.04. The van der Waals surface area contributed by atoms with Gasteiger partial charge in [-0.1, -0.05) is 6.07 Å². The van der Waals surface area contributed by atoms with Crippen LogP contribution in [-0.2, 0) is 5.31 Å². The molecule has 1 amide bonds. The molecule has 0 spiro atoms. The van der Waals surface area contributed by atoms with Crippen molar-refractivity contribution in [2.45, 2.75) is 18.2 Å². The van der Waals surface area contributed by atoms with Gasteiger partial charge in [-0.15, -0.1) is 0 Å². The van der Waals surface area contributed by atoms with Crippen LogP contribution < -0.4 is 11.1 Å². The van der Waals surface area contributed by atoms with Gasteiger partial charge in [0.15, 0.2) is 0 Å². The highest BCUT2D eigenvalue weighted by Gasteiger charge is 2.29. The lowest BCUT2D eigenvalue weighted by atomic mass is 9.60. The van der Waals surface area contributed by atoms with E-state index in [0.717, 1.165) is 37.6 Å². The molecule has 2 aromatic carbocycles. The summed E-state index contributed by atoms with van der Waals surface area (Å²) in [5.41, 5.74) is 6.69. The Kier molecular flexibility index (Phi) is 4.22. The molecule has 2 heterocycles. The lowest BCUT2D eigenvalue weighted by Crippen LogP contribution is -2.43. The number of carbonyl (C=O) groups excluding carboxylic acids is 1. The van der Waals surface area contributed by atoms with Gasteiger partial charge in [-0.3, -0.25) is 4.79 Å². The first-order valence-electron chi connectivity index (χ1n) is 8.87. The van der Waals surface area contributed by atoms with Crippen LogP contribution in [0.5, 0.6) is 0 Å². The zero-order valence-electron chi connectivity index (χ0n) is 14.9. The second-order valence-electron chi connectivity index (χ2n) is 7.34. The van der Waals surface area contributed by atoms with Crippen LogP contribution in [0.2, 0.25) is 0 Å². The summed E-state index contributed by atoms with van der Waals surface area (Å²) in [7, 11) is 2.12. The second kappa shape index (κ2) is 6.46. The van der Waals surface area contributed by atoms with Gasteiger partial charge >= 0.3 is 0 Å². The number of rotatable bonds is 3. The third kappa shape index (κ3) is 3.10. The summed E-state index contributed by atoms with van der Waals surface area (Å²) in [6.45, 7) is 1.79. The topological polar surface area (TPSA) is 72.9 Å². The van der Waals surface area contributed by atoms with Gasteiger partial charge in [-0.05, 0) is 61.1 Å². The van der Waals surface area contributed by atoms with Gasteiger partial charge in [0.25, 0.3) is 5.91 Å². The first-order chi connectivity index (χ1) is 12.9. The summed E-state index contributed by atoms with van der Waals surface area (Å²) < 4.78 is 29.9. The minimum atomic E-state index is -0.779. The first-order valence-corrected chi connectivity index (χ1v) is 8.87. The van der Waals surface area contributed by atoms with Gasteiger partial charge in [0.05, 0.1) is 5.56 Å². The Morgan fingerprint density at radius 2 is 2.11 bits per heavy atom. The van der Waals surface area contributed by atoms with Crippen LogP contribution >= 0.6 is 0 Å². The summed E-state index contributed by atoms with van der Waals surface area (Å²) >= 11 is 0. The summed E-state index contributed by atoms with van der Waals surface area (Å²) in [6.07, 6.45) is 3.53. The highest BCUT2D eigenvalue weighted by Crippen LogP contribution is 2.30. The number of nitrogens with two attached hydrogens (primary N) is 1. The number of benzene rings is 2. The fourth-order valence-electron chi connectivity index (χ4n) is 3.78. The monoisotopic (exact) mass is 368 g/mol. The van der Waals surface area contributed by atoms with Crippen molar-refractivity contribution in [1.29, 1.82) is 0 Å². The van der Waals surface area contributed by atoms with E-state index in [4.69, 9.17) is 5.73 Å². The Hall–Kier alpha value is -2.74. The fourth-order valence-corrected chi connectivity index (χ4v) is 3.78. The zero-order chi connectivity index (χ0) is 19.2. The molecule has 1 unspecified atom stereocenters. The molecule has 1 saturated heterocycles. The number of hydrogen-bond acceptors (Lipinski definition) is 3. The number of halogens is 2. The maximum absolute atomic E-state index is 14.9. The van der Waals surface area contributed by atoms with Crippen LogP contribution in [0.4, 0.5) is 8.78 Å². The van der Waals surface area contributed by atoms with Gasteiger partial charge in [-0.25, -0.2) is 13.5 Å². The lowest BCUT2D eigenvalue weighted by molar-refractivity contribution is 0.100. The molecule has 1 fully saturated rings. The van der Waals surface area contributed by atoms with Crippen LogP contribution in [0.1, 0.15) is 28.8 Å². The van der Waals surface area contributed by atoms with Crippen molar-refractivity contribution in [1.82, 2.24) is 15.1 Å². The maximum Gasteiger partial charge on any atom is 0.251 e. The van der Waals surface area contributed by atoms with E-state index in [2.05, 4.69) is 18.3 Å². The van der Waals surface area contributed by atoms with Crippen molar-refractivity contribution in [3.63, 3.8) is 0 Å². The molecule has 1 atom stereocenters. The highest BCUT2D eigenvalue weighted by atomic mass is 19.1. The van der Waals surface area contributed by atoms with E-state index in [1.165, 1.54) is 23.0 Å². The number of fused-ring (bicyclic) bond motifs is 1. The molecule has 1 aliphatic rings. The molecular weight excluding hydrogens is 349 g/mol. The molecule has 1 aliphatic heterocycles. The van der Waals surface area contributed by atoms with E-state index in [0.29, 0.717) is 5.39 Å². The Balaban J connectivity index is 1.78. The van der Waals surface area contributed by atoms with Crippen molar-refractivity contribution in [3.8, 4) is 5.69 Å². The van der Waals surface area contributed by atoms with Crippen LogP contribution in [0.15, 0.2) is 36.5 Å². The number of hydrogen-bond donors (Lipinski definition) is 2. The predicted octanol–water partition coefficient (Wildman–Crippen LogP) is 1.61. The summed E-state index contributed by atoms with van der Waals surface area (Å²) in [5, 5.41) is 7.89. The molecule has 8 heteroatoms. The van der Waals surface area contributed by atoms with Gasteiger partial charge < -0.3 is 11.1 Å². The van der Waals surface area contributed by atoms with E-state index in [1.807, 2.05) is 6.07 Å². The molecule has 27 heavy (non-hydrogen) atoms. The Labute approximate surface area is 155 Å². The first kappa shape index (κ1) is 17.7. The quantitative estimate of drug-likeness (QED) is 0.690. The molecule has 0 bridgehead atoms. The van der Waals surface area contributed by atoms with E-state index < -0.39 is 17.5 Å². The standard InChI is InChI=1S/C19H19BF2N4O/c20-19(4-1-5-24-10-19)12-2-3-16(15(22)7-12)26-9-11-6-13(21)8-14(18(23)27)17(11)25-26/h2-3,6-9,24H,1,4-5,10,20H2,(H2,23,27). The van der Waals surface area contributed by atoms with Crippen LogP contribution in [0, 0.1) is 11.6 Å². The highest BCUT2D eigenvalue weighted by molar-refractivity contribution is 6.16. The summed E-state index contributed by atoms with van der Waals surface area (Å²) in [6, 6.07) is 7.37. The fraction of sp³-hybridized carbons (Fsp3) is 0.263. The largest absolute Gasteiger partial charge is 0.366 e. The van der Waals surface area contributed by atoms with Gasteiger partial charge in [0.2, 0.25) is 0 Å². The Morgan fingerprint density at radius 1 is 1.30 bits per heavy atom. The van der Waals surface area contributed by atoms with E-state index in [9.17, 15) is 13.6 Å². The van der Waals surface area contributed by atoms with E-state index >= 15 is 0 Å². The number of primary amides is 1. The molecule has 0 aliphatic carbocycles. The zero-order valence-corrected chi connectivity index (χ0v) is 14.9. The summed E-state index contributed by atoms with van der Waals surface area (Å²) in [5.74, 6) is -1.80. The number of nitrogens with one attached hydrogen (secondary N) is 1. The van der Waals surface area contributed by atoms with Crippen molar-refractivity contribution >= 4 is 24.7 Å². The van der Waals surface area contributed by atoms with Crippen LogP contribution in [0.25, 0.3) is 16.6 Å². The number of nitrogens with zero attached hydrogens (tertiary/aromatic N) is 2. The summed E-state index contributed by atoms with van der Waals surface area (Å²) in [4.78, 5) is 11.6. The van der Waals surface area contributed by atoms with Gasteiger partial charge in [-0.2, -0.15) is 5.10 Å². The number of aromatic nitrogens is 2. The van der Waals surface area contributed by atoms with Gasteiger partial charge in [0, 0.05) is 11.6 Å². The third-order valence-electron chi connectivity index (χ3n) is 5.33.